The average Bonchev–Trinajstić information content (AvgIpc) is 2.62. The fraction of sp³-hybridized carbons (Fsp3) is 1.00. The molecule has 96 valence electrons. The molecule has 2 heteroatoms. The Morgan fingerprint density at radius 1 is 1.31 bits per heavy atom. The van der Waals surface area contributed by atoms with E-state index in [0.29, 0.717) is 5.41 Å². The van der Waals surface area contributed by atoms with Gasteiger partial charge in [0.25, 0.3) is 0 Å². The molecule has 1 aliphatic heterocycles. The quantitative estimate of drug-likeness (QED) is 0.672. The highest BCUT2D eigenvalue weighted by atomic mass is 15.2. The molecule has 0 radical (unpaired) electrons. The third-order valence-electron chi connectivity index (χ3n) is 3.72. The molecule has 1 aliphatic rings. The molecular formula is C14H30N2. The van der Waals surface area contributed by atoms with Crippen LogP contribution in [0, 0.1) is 5.41 Å². The van der Waals surface area contributed by atoms with Gasteiger partial charge in [-0.05, 0) is 31.8 Å². The summed E-state index contributed by atoms with van der Waals surface area (Å²) >= 11 is 0. The molecule has 1 rings (SSSR count). The molecule has 1 heterocycles. The number of likely N-dealkylation sites (tertiary alicyclic amines) is 1. The molecule has 1 unspecified atom stereocenters. The highest BCUT2D eigenvalue weighted by molar-refractivity contribution is 4.81. The van der Waals surface area contributed by atoms with Gasteiger partial charge in [0.15, 0.2) is 0 Å². The van der Waals surface area contributed by atoms with Gasteiger partial charge >= 0.3 is 0 Å². The monoisotopic (exact) mass is 226 g/mol. The molecule has 0 saturated carbocycles. The maximum Gasteiger partial charge on any atom is 0.0207 e. The molecule has 2 nitrogen and oxygen atoms in total. The van der Waals surface area contributed by atoms with Crippen molar-refractivity contribution in [2.75, 3.05) is 26.7 Å². The third kappa shape index (κ3) is 5.31. The highest BCUT2D eigenvalue weighted by Gasteiger charge is 2.22. The van der Waals surface area contributed by atoms with E-state index in [4.69, 9.17) is 0 Å². The van der Waals surface area contributed by atoms with Crippen molar-refractivity contribution in [1.82, 2.24) is 10.2 Å². The molecule has 1 fully saturated rings. The normalized spacial score (nSPS) is 22.9. The average molecular weight is 226 g/mol. The third-order valence-corrected chi connectivity index (χ3v) is 3.72. The Labute approximate surface area is 102 Å². The topological polar surface area (TPSA) is 15.3 Å². The van der Waals surface area contributed by atoms with Gasteiger partial charge in [-0.1, -0.05) is 40.0 Å². The van der Waals surface area contributed by atoms with Crippen LogP contribution in [0.3, 0.4) is 0 Å². The Bertz CT molecular complexity index is 189. The second-order valence-electron chi connectivity index (χ2n) is 6.25. The summed E-state index contributed by atoms with van der Waals surface area (Å²) in [7, 11) is 2.22. The lowest BCUT2D eigenvalue weighted by molar-refractivity contribution is 0.285. The van der Waals surface area contributed by atoms with E-state index in [0.717, 1.165) is 6.04 Å². The predicted octanol–water partition coefficient (Wildman–Crippen LogP) is 2.89. The van der Waals surface area contributed by atoms with Crippen molar-refractivity contribution < 1.29 is 0 Å². The second-order valence-corrected chi connectivity index (χ2v) is 6.25. The second kappa shape index (κ2) is 6.61. The molecule has 1 atom stereocenters. The number of unbranched alkanes of at least 4 members (excludes halogenated alkanes) is 2. The predicted molar refractivity (Wildman–Crippen MR) is 71.8 cm³/mol. The van der Waals surface area contributed by atoms with Crippen molar-refractivity contribution in [2.24, 2.45) is 5.41 Å². The van der Waals surface area contributed by atoms with Crippen LogP contribution in [-0.4, -0.2) is 37.6 Å². The minimum atomic E-state index is 0.469. The summed E-state index contributed by atoms with van der Waals surface area (Å²) in [5.41, 5.74) is 0.469. The van der Waals surface area contributed by atoms with Gasteiger partial charge < -0.3 is 10.2 Å². The lowest BCUT2D eigenvalue weighted by atomic mass is 9.86. The van der Waals surface area contributed by atoms with Crippen molar-refractivity contribution in [3.05, 3.63) is 0 Å². The fourth-order valence-corrected chi connectivity index (χ4v) is 2.46. The van der Waals surface area contributed by atoms with Crippen LogP contribution in [0.4, 0.5) is 0 Å². The van der Waals surface area contributed by atoms with E-state index in [-0.39, 0.29) is 0 Å². The Morgan fingerprint density at radius 2 is 2.06 bits per heavy atom. The summed E-state index contributed by atoms with van der Waals surface area (Å²) in [5, 5.41) is 3.74. The van der Waals surface area contributed by atoms with E-state index in [1.54, 1.807) is 0 Å². The molecule has 0 bridgehead atoms. The first-order valence-corrected chi connectivity index (χ1v) is 6.95. The molecule has 1 saturated heterocycles. The van der Waals surface area contributed by atoms with Gasteiger partial charge in [0.05, 0.1) is 0 Å². The van der Waals surface area contributed by atoms with Crippen LogP contribution in [0.1, 0.15) is 52.9 Å². The first-order chi connectivity index (χ1) is 7.53. The zero-order valence-electron chi connectivity index (χ0n) is 11.7. The molecular weight excluding hydrogens is 196 g/mol. The first-order valence-electron chi connectivity index (χ1n) is 6.95. The van der Waals surface area contributed by atoms with Gasteiger partial charge in [-0.15, -0.1) is 0 Å². The molecule has 1 N–H and O–H groups in total. The molecule has 16 heavy (non-hydrogen) atoms. The zero-order valence-corrected chi connectivity index (χ0v) is 11.7. The van der Waals surface area contributed by atoms with Gasteiger partial charge in [0.1, 0.15) is 0 Å². The lowest BCUT2D eigenvalue weighted by Crippen LogP contribution is -2.38. The maximum absolute atomic E-state index is 3.74. The van der Waals surface area contributed by atoms with Gasteiger partial charge in [-0.3, -0.25) is 0 Å². The fourth-order valence-electron chi connectivity index (χ4n) is 2.46. The standard InChI is InChI=1S/C14H30N2/c1-5-6-7-9-14(2,3)12-15-13-8-10-16(4)11-13/h13,15H,5-12H2,1-4H3. The van der Waals surface area contributed by atoms with Crippen LogP contribution in [0.5, 0.6) is 0 Å². The molecule has 0 spiro atoms. The minimum Gasteiger partial charge on any atom is -0.312 e. The van der Waals surface area contributed by atoms with Crippen molar-refractivity contribution in [2.45, 2.75) is 58.9 Å². The Kier molecular flexibility index (Phi) is 5.77. The minimum absolute atomic E-state index is 0.469. The number of hydrogen-bond acceptors (Lipinski definition) is 2. The van der Waals surface area contributed by atoms with Gasteiger partial charge in [0.2, 0.25) is 0 Å². The Balaban J connectivity index is 2.14. The summed E-state index contributed by atoms with van der Waals surface area (Å²) in [6, 6.07) is 0.732. The summed E-state index contributed by atoms with van der Waals surface area (Å²) in [6.07, 6.45) is 6.78. The van der Waals surface area contributed by atoms with Gasteiger partial charge in [-0.25, -0.2) is 0 Å². The number of likely N-dealkylation sites (N-methyl/N-ethyl adjacent to an activating group) is 1. The zero-order chi connectivity index (χ0) is 12.0. The summed E-state index contributed by atoms with van der Waals surface area (Å²) < 4.78 is 0. The highest BCUT2D eigenvalue weighted by Crippen LogP contribution is 2.23. The molecule has 0 amide bonds. The van der Waals surface area contributed by atoms with Crippen molar-refractivity contribution in [3.8, 4) is 0 Å². The van der Waals surface area contributed by atoms with Crippen LogP contribution in [0.25, 0.3) is 0 Å². The molecule has 0 aliphatic carbocycles. The Morgan fingerprint density at radius 3 is 2.62 bits per heavy atom. The first kappa shape index (κ1) is 14.0. The van der Waals surface area contributed by atoms with Crippen molar-refractivity contribution in [3.63, 3.8) is 0 Å². The van der Waals surface area contributed by atoms with Crippen molar-refractivity contribution in [1.29, 1.82) is 0 Å². The van der Waals surface area contributed by atoms with Crippen molar-refractivity contribution >= 4 is 0 Å². The van der Waals surface area contributed by atoms with Gasteiger partial charge in [0, 0.05) is 19.1 Å². The summed E-state index contributed by atoms with van der Waals surface area (Å²) in [5.74, 6) is 0. The largest absolute Gasteiger partial charge is 0.312 e. The number of hydrogen-bond donors (Lipinski definition) is 1. The van der Waals surface area contributed by atoms with E-state index in [9.17, 15) is 0 Å². The van der Waals surface area contributed by atoms with E-state index in [1.807, 2.05) is 0 Å². The van der Waals surface area contributed by atoms with Crippen LogP contribution >= 0.6 is 0 Å². The summed E-state index contributed by atoms with van der Waals surface area (Å²) in [6.45, 7) is 10.7. The number of nitrogens with one attached hydrogen (secondary N) is 1. The molecule has 0 aromatic heterocycles. The van der Waals surface area contributed by atoms with Crippen LogP contribution < -0.4 is 5.32 Å². The maximum atomic E-state index is 3.74. The van der Waals surface area contributed by atoms with E-state index in [2.05, 4.69) is 38.0 Å². The van der Waals surface area contributed by atoms with Crippen LogP contribution in [-0.2, 0) is 0 Å². The summed E-state index contributed by atoms with van der Waals surface area (Å²) in [4.78, 5) is 2.42. The van der Waals surface area contributed by atoms with Crippen LogP contribution in [0.15, 0.2) is 0 Å². The van der Waals surface area contributed by atoms with E-state index in [1.165, 1.54) is 51.7 Å². The number of nitrogens with zero attached hydrogens (tertiary/aromatic N) is 1. The molecule has 0 aromatic carbocycles. The number of rotatable bonds is 7. The SMILES string of the molecule is CCCCCC(C)(C)CNC1CCN(C)C1. The van der Waals surface area contributed by atoms with Gasteiger partial charge in [-0.2, -0.15) is 0 Å². The van der Waals surface area contributed by atoms with Crippen LogP contribution in [0.2, 0.25) is 0 Å². The van der Waals surface area contributed by atoms with E-state index >= 15 is 0 Å². The Hall–Kier alpha value is -0.0800. The smallest absolute Gasteiger partial charge is 0.0207 e. The molecule has 0 aromatic rings. The van der Waals surface area contributed by atoms with E-state index < -0.39 is 0 Å². The lowest BCUT2D eigenvalue weighted by Gasteiger charge is -2.27.